The summed E-state index contributed by atoms with van der Waals surface area (Å²) >= 11 is 1.33. The first-order valence-electron chi connectivity index (χ1n) is 6.73. The highest BCUT2D eigenvalue weighted by Crippen LogP contribution is 2.37. The largest absolute Gasteiger partial charge is 0.470 e. The van der Waals surface area contributed by atoms with Crippen LogP contribution >= 0.6 is 11.8 Å². The van der Waals surface area contributed by atoms with E-state index in [1.54, 1.807) is 0 Å². The minimum Gasteiger partial charge on any atom is -0.470 e. The van der Waals surface area contributed by atoms with Crippen LogP contribution in [0.25, 0.3) is 4.91 Å². The van der Waals surface area contributed by atoms with Crippen LogP contribution in [0, 0.1) is 0 Å². The Morgan fingerprint density at radius 2 is 1.62 bits per heavy atom. The van der Waals surface area contributed by atoms with Crippen LogP contribution in [0.15, 0.2) is 71.6 Å². The maximum absolute atomic E-state index is 14.3. The third-order valence-corrected chi connectivity index (χ3v) is 3.82. The number of hydrogen-bond donors (Lipinski definition) is 1. The average Bonchev–Trinajstić information content (AvgIpc) is 2.54. The Labute approximate surface area is 128 Å². The summed E-state index contributed by atoms with van der Waals surface area (Å²) < 4.78 is 19.4. The van der Waals surface area contributed by atoms with Gasteiger partial charge in [-0.3, -0.25) is 0 Å². The van der Waals surface area contributed by atoms with Gasteiger partial charge in [0.1, 0.15) is 0 Å². The molecule has 0 amide bonds. The summed E-state index contributed by atoms with van der Waals surface area (Å²) in [7, 11) is 0. The van der Waals surface area contributed by atoms with E-state index in [4.69, 9.17) is 9.84 Å². The van der Waals surface area contributed by atoms with Gasteiger partial charge < -0.3 is 9.84 Å². The van der Waals surface area contributed by atoms with E-state index in [1.165, 1.54) is 11.8 Å². The smallest absolute Gasteiger partial charge is 0.287 e. The number of aliphatic hydroxyl groups excluding tert-OH is 1. The Hall–Kier alpha value is -1.78. The number of rotatable bonds is 7. The van der Waals surface area contributed by atoms with Gasteiger partial charge in [0.25, 0.3) is 6.01 Å². The van der Waals surface area contributed by atoms with Crippen molar-refractivity contribution in [1.82, 2.24) is 0 Å². The molecule has 0 aromatic heterocycles. The maximum Gasteiger partial charge on any atom is 0.287 e. The van der Waals surface area contributed by atoms with Gasteiger partial charge in [-0.25, -0.2) is 0 Å². The Bertz CT molecular complexity index is 570. The zero-order valence-electron chi connectivity index (χ0n) is 11.5. The second-order valence-corrected chi connectivity index (χ2v) is 5.39. The first-order valence-corrected chi connectivity index (χ1v) is 7.54. The van der Waals surface area contributed by atoms with Gasteiger partial charge in [-0.15, -0.1) is 0 Å². The standard InChI is InChI=1S/C17H17FO2S/c18-17(20-13-7-12-19)16(14-8-3-1-4-9-14)21-15-10-5-2-6-11-15/h1-6,8-11,19H,7,12-13H2/b17-16+. The van der Waals surface area contributed by atoms with Crippen molar-refractivity contribution >= 4 is 16.7 Å². The lowest BCUT2D eigenvalue weighted by Gasteiger charge is -2.10. The van der Waals surface area contributed by atoms with E-state index in [1.807, 2.05) is 60.7 Å². The molecule has 0 heterocycles. The molecule has 0 saturated carbocycles. The first-order chi connectivity index (χ1) is 10.3. The molecule has 0 saturated heterocycles. The highest BCUT2D eigenvalue weighted by atomic mass is 32.2. The van der Waals surface area contributed by atoms with E-state index in [9.17, 15) is 4.39 Å². The van der Waals surface area contributed by atoms with E-state index in [0.717, 1.165) is 10.5 Å². The summed E-state index contributed by atoms with van der Waals surface area (Å²) in [6.07, 6.45) is 0.408. The van der Waals surface area contributed by atoms with Crippen molar-refractivity contribution < 1.29 is 14.2 Å². The van der Waals surface area contributed by atoms with Crippen LogP contribution in [-0.4, -0.2) is 18.3 Å². The molecule has 0 fully saturated rings. The van der Waals surface area contributed by atoms with Gasteiger partial charge in [0, 0.05) is 17.9 Å². The molecule has 0 unspecified atom stereocenters. The predicted octanol–water partition coefficient (Wildman–Crippen LogP) is 4.47. The van der Waals surface area contributed by atoms with Crippen molar-refractivity contribution in [2.45, 2.75) is 11.3 Å². The fourth-order valence-electron chi connectivity index (χ4n) is 1.70. The van der Waals surface area contributed by atoms with Crippen molar-refractivity contribution in [3.8, 4) is 0 Å². The van der Waals surface area contributed by atoms with Gasteiger partial charge in [0.2, 0.25) is 0 Å². The number of ether oxygens (including phenoxy) is 1. The van der Waals surface area contributed by atoms with Gasteiger partial charge >= 0.3 is 0 Å². The molecule has 0 radical (unpaired) electrons. The van der Waals surface area contributed by atoms with Crippen LogP contribution in [0.4, 0.5) is 4.39 Å². The molecule has 0 aliphatic heterocycles. The fraction of sp³-hybridized carbons (Fsp3) is 0.176. The second kappa shape index (κ2) is 8.49. The number of benzene rings is 2. The van der Waals surface area contributed by atoms with E-state index in [-0.39, 0.29) is 13.2 Å². The minimum absolute atomic E-state index is 0.0141. The molecule has 2 aromatic carbocycles. The summed E-state index contributed by atoms with van der Waals surface area (Å²) in [5.41, 5.74) is 0.771. The van der Waals surface area contributed by atoms with Crippen LogP contribution in [-0.2, 0) is 4.74 Å². The van der Waals surface area contributed by atoms with E-state index in [0.29, 0.717) is 11.3 Å². The molecular weight excluding hydrogens is 287 g/mol. The Morgan fingerprint density at radius 3 is 2.24 bits per heavy atom. The SMILES string of the molecule is OCCCO/C(F)=C(/Sc1ccccc1)c1ccccc1. The topological polar surface area (TPSA) is 29.5 Å². The van der Waals surface area contributed by atoms with Crippen LogP contribution in [0.2, 0.25) is 0 Å². The van der Waals surface area contributed by atoms with Crippen molar-refractivity contribution in [1.29, 1.82) is 0 Å². The molecule has 0 bridgehead atoms. The molecule has 0 atom stereocenters. The molecule has 0 spiro atoms. The zero-order valence-corrected chi connectivity index (χ0v) is 12.4. The number of halogens is 1. The van der Waals surface area contributed by atoms with E-state index >= 15 is 0 Å². The summed E-state index contributed by atoms with van der Waals surface area (Å²) in [6, 6.07) is 18.3. The third-order valence-electron chi connectivity index (χ3n) is 2.71. The molecule has 0 aliphatic carbocycles. The summed E-state index contributed by atoms with van der Waals surface area (Å²) in [4.78, 5) is 1.39. The Kier molecular flexibility index (Phi) is 6.31. The molecule has 0 aliphatic rings. The number of hydrogen-bond acceptors (Lipinski definition) is 3. The molecule has 110 valence electrons. The second-order valence-electron chi connectivity index (χ2n) is 4.31. The summed E-state index contributed by atoms with van der Waals surface area (Å²) in [5, 5.41) is 8.75. The van der Waals surface area contributed by atoms with Crippen LogP contribution in [0.3, 0.4) is 0 Å². The third kappa shape index (κ3) is 4.92. The maximum atomic E-state index is 14.3. The summed E-state index contributed by atoms with van der Waals surface area (Å²) in [6.45, 7) is 0.147. The lowest BCUT2D eigenvalue weighted by Crippen LogP contribution is -1.96. The van der Waals surface area contributed by atoms with Crippen molar-refractivity contribution in [2.24, 2.45) is 0 Å². The molecular formula is C17H17FO2S. The Balaban J connectivity index is 2.24. The van der Waals surface area contributed by atoms with Gasteiger partial charge in [-0.05, 0) is 17.7 Å². The lowest BCUT2D eigenvalue weighted by molar-refractivity contribution is 0.130. The van der Waals surface area contributed by atoms with Gasteiger partial charge in [0.05, 0.1) is 11.5 Å². The molecule has 2 rings (SSSR count). The van der Waals surface area contributed by atoms with Crippen molar-refractivity contribution in [3.05, 3.63) is 72.2 Å². The fourth-order valence-corrected chi connectivity index (χ4v) is 2.62. The first kappa shape index (κ1) is 15.6. The number of aliphatic hydroxyl groups is 1. The molecule has 1 N–H and O–H groups in total. The molecule has 2 nitrogen and oxygen atoms in total. The van der Waals surface area contributed by atoms with Crippen molar-refractivity contribution in [3.63, 3.8) is 0 Å². The zero-order chi connectivity index (χ0) is 14.9. The monoisotopic (exact) mass is 304 g/mol. The van der Waals surface area contributed by atoms with E-state index < -0.39 is 6.01 Å². The average molecular weight is 304 g/mol. The van der Waals surface area contributed by atoms with Crippen molar-refractivity contribution in [2.75, 3.05) is 13.2 Å². The van der Waals surface area contributed by atoms with Crippen LogP contribution in [0.5, 0.6) is 0 Å². The van der Waals surface area contributed by atoms with Gasteiger partial charge in [-0.2, -0.15) is 4.39 Å². The van der Waals surface area contributed by atoms with Crippen LogP contribution < -0.4 is 0 Å². The van der Waals surface area contributed by atoms with Gasteiger partial charge in [0.15, 0.2) is 0 Å². The number of thioether (sulfide) groups is 1. The lowest BCUT2D eigenvalue weighted by atomic mass is 10.2. The molecule has 21 heavy (non-hydrogen) atoms. The van der Waals surface area contributed by atoms with Crippen LogP contribution in [0.1, 0.15) is 12.0 Å². The highest BCUT2D eigenvalue weighted by Gasteiger charge is 2.12. The molecule has 4 heteroatoms. The normalized spacial score (nSPS) is 11.9. The minimum atomic E-state index is -0.608. The Morgan fingerprint density at radius 1 is 1.00 bits per heavy atom. The quantitative estimate of drug-likeness (QED) is 0.465. The highest BCUT2D eigenvalue weighted by molar-refractivity contribution is 8.08. The van der Waals surface area contributed by atoms with Gasteiger partial charge in [-0.1, -0.05) is 60.3 Å². The predicted molar refractivity (Wildman–Crippen MR) is 84.4 cm³/mol. The molecule has 2 aromatic rings. The van der Waals surface area contributed by atoms with E-state index in [2.05, 4.69) is 0 Å². The summed E-state index contributed by atoms with van der Waals surface area (Å²) in [5.74, 6) is 0.